The maximum atomic E-state index is 12.9. The SMILES string of the molecule is Nc1ccc(-c2ccc(F)cc2)n(C2CC2)c1=O. The summed E-state index contributed by atoms with van der Waals surface area (Å²) in [5.74, 6) is -0.283. The van der Waals surface area contributed by atoms with E-state index < -0.39 is 0 Å². The fraction of sp³-hybridized carbons (Fsp3) is 0.214. The van der Waals surface area contributed by atoms with E-state index in [2.05, 4.69) is 0 Å². The van der Waals surface area contributed by atoms with E-state index in [1.807, 2.05) is 6.07 Å². The third-order valence-electron chi connectivity index (χ3n) is 3.20. The molecule has 4 heteroatoms. The minimum Gasteiger partial charge on any atom is -0.394 e. The number of pyridine rings is 1. The molecule has 1 saturated carbocycles. The second kappa shape index (κ2) is 3.98. The molecule has 1 aromatic heterocycles. The zero-order valence-corrected chi connectivity index (χ0v) is 9.77. The van der Waals surface area contributed by atoms with E-state index in [1.165, 1.54) is 12.1 Å². The number of hydrogen-bond donors (Lipinski definition) is 1. The predicted octanol–water partition coefficient (Wildman–Crippen LogP) is 2.57. The smallest absolute Gasteiger partial charge is 0.274 e. The summed E-state index contributed by atoms with van der Waals surface area (Å²) in [5.41, 5.74) is 7.40. The first kappa shape index (κ1) is 11.0. The number of benzene rings is 1. The second-order valence-corrected chi connectivity index (χ2v) is 4.59. The molecule has 3 rings (SSSR count). The van der Waals surface area contributed by atoms with Crippen molar-refractivity contribution in [3.8, 4) is 11.3 Å². The van der Waals surface area contributed by atoms with Gasteiger partial charge in [0.2, 0.25) is 0 Å². The quantitative estimate of drug-likeness (QED) is 0.882. The van der Waals surface area contributed by atoms with Crippen molar-refractivity contribution in [1.82, 2.24) is 4.57 Å². The fourth-order valence-corrected chi connectivity index (χ4v) is 2.12. The molecule has 1 fully saturated rings. The van der Waals surface area contributed by atoms with Crippen molar-refractivity contribution in [2.24, 2.45) is 0 Å². The molecule has 18 heavy (non-hydrogen) atoms. The number of nitrogens with zero attached hydrogens (tertiary/aromatic N) is 1. The van der Waals surface area contributed by atoms with E-state index in [1.54, 1.807) is 22.8 Å². The summed E-state index contributed by atoms with van der Waals surface area (Å²) in [5, 5.41) is 0. The molecule has 92 valence electrons. The summed E-state index contributed by atoms with van der Waals surface area (Å²) in [6, 6.07) is 9.82. The first-order valence-electron chi connectivity index (χ1n) is 5.94. The third-order valence-corrected chi connectivity index (χ3v) is 3.20. The normalized spacial score (nSPS) is 14.7. The Balaban J connectivity index is 2.20. The summed E-state index contributed by atoms with van der Waals surface area (Å²) in [6.45, 7) is 0. The van der Waals surface area contributed by atoms with E-state index >= 15 is 0 Å². The maximum absolute atomic E-state index is 12.9. The van der Waals surface area contributed by atoms with Crippen LogP contribution in [0, 0.1) is 5.82 Å². The highest BCUT2D eigenvalue weighted by atomic mass is 19.1. The molecule has 0 atom stereocenters. The summed E-state index contributed by atoms with van der Waals surface area (Å²) >= 11 is 0. The molecule has 1 aromatic carbocycles. The van der Waals surface area contributed by atoms with Crippen LogP contribution in [0.3, 0.4) is 0 Å². The van der Waals surface area contributed by atoms with Gasteiger partial charge in [0.25, 0.3) is 5.56 Å². The van der Waals surface area contributed by atoms with E-state index in [9.17, 15) is 9.18 Å². The van der Waals surface area contributed by atoms with Crippen molar-refractivity contribution >= 4 is 5.69 Å². The Morgan fingerprint density at radius 3 is 2.39 bits per heavy atom. The Kier molecular flexibility index (Phi) is 2.44. The highest BCUT2D eigenvalue weighted by Gasteiger charge is 2.27. The van der Waals surface area contributed by atoms with Crippen LogP contribution in [0.2, 0.25) is 0 Å². The molecule has 2 aromatic rings. The topological polar surface area (TPSA) is 48.0 Å². The Hall–Kier alpha value is -2.10. The minimum atomic E-state index is -0.283. The summed E-state index contributed by atoms with van der Waals surface area (Å²) in [6.07, 6.45) is 2.00. The highest BCUT2D eigenvalue weighted by molar-refractivity contribution is 5.61. The summed E-state index contributed by atoms with van der Waals surface area (Å²) < 4.78 is 14.7. The third kappa shape index (κ3) is 1.79. The lowest BCUT2D eigenvalue weighted by Crippen LogP contribution is -2.23. The molecule has 0 unspecified atom stereocenters. The van der Waals surface area contributed by atoms with Crippen molar-refractivity contribution in [2.75, 3.05) is 5.73 Å². The van der Waals surface area contributed by atoms with Crippen LogP contribution in [-0.2, 0) is 0 Å². The van der Waals surface area contributed by atoms with E-state index in [4.69, 9.17) is 5.73 Å². The Morgan fingerprint density at radius 2 is 1.78 bits per heavy atom. The van der Waals surface area contributed by atoms with Gasteiger partial charge in [0.05, 0.1) is 11.4 Å². The van der Waals surface area contributed by atoms with Crippen LogP contribution in [0.15, 0.2) is 41.2 Å². The van der Waals surface area contributed by atoms with Crippen LogP contribution in [0.1, 0.15) is 18.9 Å². The van der Waals surface area contributed by atoms with Crippen LogP contribution in [0.4, 0.5) is 10.1 Å². The lowest BCUT2D eigenvalue weighted by atomic mass is 10.1. The van der Waals surface area contributed by atoms with Crippen molar-refractivity contribution in [1.29, 1.82) is 0 Å². The first-order valence-corrected chi connectivity index (χ1v) is 5.94. The van der Waals surface area contributed by atoms with Gasteiger partial charge in [-0.05, 0) is 54.8 Å². The van der Waals surface area contributed by atoms with Gasteiger partial charge in [0.15, 0.2) is 0 Å². The number of halogens is 1. The molecule has 0 spiro atoms. The monoisotopic (exact) mass is 244 g/mol. The fourth-order valence-electron chi connectivity index (χ4n) is 2.12. The van der Waals surface area contributed by atoms with Gasteiger partial charge in [0, 0.05) is 6.04 Å². The number of nitrogens with two attached hydrogens (primary N) is 1. The molecule has 1 aliphatic rings. The van der Waals surface area contributed by atoms with Gasteiger partial charge in [-0.1, -0.05) is 0 Å². The lowest BCUT2D eigenvalue weighted by molar-refractivity contribution is 0.628. The highest BCUT2D eigenvalue weighted by Crippen LogP contribution is 2.37. The molecule has 3 nitrogen and oxygen atoms in total. The van der Waals surface area contributed by atoms with Gasteiger partial charge >= 0.3 is 0 Å². The number of rotatable bonds is 2. The van der Waals surface area contributed by atoms with E-state index in [0.717, 1.165) is 24.1 Å². The number of aromatic nitrogens is 1. The average Bonchev–Trinajstić information content (AvgIpc) is 3.18. The summed E-state index contributed by atoms with van der Waals surface area (Å²) in [7, 11) is 0. The van der Waals surface area contributed by atoms with Gasteiger partial charge in [-0.25, -0.2) is 4.39 Å². The Labute approximate surface area is 104 Å². The van der Waals surface area contributed by atoms with Crippen LogP contribution >= 0.6 is 0 Å². The molecule has 1 heterocycles. The van der Waals surface area contributed by atoms with Crippen LogP contribution in [0.25, 0.3) is 11.3 Å². The number of hydrogen-bond acceptors (Lipinski definition) is 2. The van der Waals surface area contributed by atoms with E-state index in [0.29, 0.717) is 0 Å². The molecule has 0 saturated heterocycles. The van der Waals surface area contributed by atoms with Gasteiger partial charge in [-0.15, -0.1) is 0 Å². The molecule has 0 radical (unpaired) electrons. The number of nitrogen functional groups attached to an aromatic ring is 1. The van der Waals surface area contributed by atoms with Crippen LogP contribution < -0.4 is 11.3 Å². The molecule has 0 amide bonds. The van der Waals surface area contributed by atoms with Crippen LogP contribution in [0.5, 0.6) is 0 Å². The van der Waals surface area contributed by atoms with Gasteiger partial charge in [-0.3, -0.25) is 4.79 Å². The molecular weight excluding hydrogens is 231 g/mol. The lowest BCUT2D eigenvalue weighted by Gasteiger charge is -2.12. The second-order valence-electron chi connectivity index (χ2n) is 4.59. The summed E-state index contributed by atoms with van der Waals surface area (Å²) in [4.78, 5) is 12.1. The van der Waals surface area contributed by atoms with Crippen LogP contribution in [-0.4, -0.2) is 4.57 Å². The molecule has 0 bridgehead atoms. The molecule has 2 N–H and O–H groups in total. The van der Waals surface area contributed by atoms with Crippen molar-refractivity contribution in [3.63, 3.8) is 0 Å². The molecular formula is C14H13FN2O. The minimum absolute atomic E-state index is 0.153. The first-order chi connectivity index (χ1) is 8.66. The Morgan fingerprint density at radius 1 is 1.11 bits per heavy atom. The zero-order valence-electron chi connectivity index (χ0n) is 9.77. The zero-order chi connectivity index (χ0) is 12.7. The Bertz CT molecular complexity index is 642. The predicted molar refractivity (Wildman–Crippen MR) is 68.8 cm³/mol. The maximum Gasteiger partial charge on any atom is 0.274 e. The molecule has 1 aliphatic carbocycles. The van der Waals surface area contributed by atoms with Crippen molar-refractivity contribution in [3.05, 3.63) is 52.6 Å². The molecule has 0 aliphatic heterocycles. The largest absolute Gasteiger partial charge is 0.394 e. The standard InChI is InChI=1S/C14H13FN2O/c15-10-3-1-9(2-4-10)13-8-7-12(16)14(18)17(13)11-5-6-11/h1-4,7-8,11H,5-6,16H2. The van der Waals surface area contributed by atoms with Crippen molar-refractivity contribution < 1.29 is 4.39 Å². The number of anilines is 1. The van der Waals surface area contributed by atoms with Gasteiger partial charge in [0.1, 0.15) is 5.82 Å². The van der Waals surface area contributed by atoms with Gasteiger partial charge < -0.3 is 10.3 Å². The average molecular weight is 244 g/mol. The van der Waals surface area contributed by atoms with Crippen molar-refractivity contribution in [2.45, 2.75) is 18.9 Å². The van der Waals surface area contributed by atoms with Gasteiger partial charge in [-0.2, -0.15) is 0 Å². The van der Waals surface area contributed by atoms with E-state index in [-0.39, 0.29) is 23.1 Å².